The van der Waals surface area contributed by atoms with Crippen molar-refractivity contribution in [2.45, 2.75) is 50.5 Å². The Labute approximate surface area is 181 Å². The Balaban J connectivity index is 2.47. The largest absolute Gasteiger partial charge is 0.456 e. The number of nitrogens with one attached hydrogen (secondary N) is 1. The topological polar surface area (TPSA) is 152 Å². The fourth-order valence-electron chi connectivity index (χ4n) is 3.00. The van der Waals surface area contributed by atoms with Gasteiger partial charge in [0.1, 0.15) is 11.4 Å². The zero-order valence-electron chi connectivity index (χ0n) is 17.6. The number of thioether (sulfide) groups is 1. The van der Waals surface area contributed by atoms with Crippen molar-refractivity contribution in [2.24, 2.45) is 7.05 Å². The molecular weight excluding hydrogens is 434 g/mol. The highest BCUT2D eigenvalue weighted by Gasteiger charge is 2.47. The summed E-state index contributed by atoms with van der Waals surface area (Å²) < 4.78 is 22.5. The molecule has 1 aromatic heterocycles. The van der Waals surface area contributed by atoms with Crippen molar-refractivity contribution in [1.29, 1.82) is 0 Å². The van der Waals surface area contributed by atoms with Crippen molar-refractivity contribution in [2.75, 3.05) is 18.2 Å². The molecule has 0 amide bonds. The summed E-state index contributed by atoms with van der Waals surface area (Å²) in [7, 11) is 1.47. The zero-order valence-corrected chi connectivity index (χ0v) is 18.4. The summed E-state index contributed by atoms with van der Waals surface area (Å²) in [4.78, 5) is 63.0. The number of aldehydes is 1. The minimum absolute atomic E-state index is 0.0999. The molecule has 0 radical (unpaired) electrons. The molecule has 0 unspecified atom stereocenters. The lowest BCUT2D eigenvalue weighted by molar-refractivity contribution is -0.221. The number of nitrogens with zero attached hydrogens (tertiary/aromatic N) is 2. The van der Waals surface area contributed by atoms with E-state index >= 15 is 0 Å². The van der Waals surface area contributed by atoms with Crippen LogP contribution in [0.25, 0.3) is 0 Å². The van der Waals surface area contributed by atoms with E-state index in [-0.39, 0.29) is 18.0 Å². The van der Waals surface area contributed by atoms with E-state index in [1.807, 2.05) is 0 Å². The quantitative estimate of drug-likeness (QED) is 0.191. The normalized spacial score (nSPS) is 22.9. The lowest BCUT2D eigenvalue weighted by Gasteiger charge is -2.40. The van der Waals surface area contributed by atoms with Gasteiger partial charge in [0.05, 0.1) is 6.61 Å². The highest BCUT2D eigenvalue weighted by atomic mass is 32.2. The van der Waals surface area contributed by atoms with Crippen LogP contribution in [0.5, 0.6) is 0 Å². The van der Waals surface area contributed by atoms with Gasteiger partial charge in [0.2, 0.25) is 0 Å². The molecule has 1 fully saturated rings. The van der Waals surface area contributed by atoms with Gasteiger partial charge in [-0.2, -0.15) is 0 Å². The minimum atomic E-state index is -1.28. The van der Waals surface area contributed by atoms with Gasteiger partial charge in [0.15, 0.2) is 36.0 Å². The van der Waals surface area contributed by atoms with Gasteiger partial charge >= 0.3 is 17.9 Å². The molecule has 1 aliphatic heterocycles. The van der Waals surface area contributed by atoms with E-state index in [9.17, 15) is 24.0 Å². The molecular formula is C18H23N3O9S. The van der Waals surface area contributed by atoms with Crippen LogP contribution in [0.2, 0.25) is 0 Å². The Bertz CT molecular complexity index is 933. The maximum absolute atomic E-state index is 12.5. The van der Waals surface area contributed by atoms with E-state index in [0.717, 1.165) is 13.8 Å². The summed E-state index contributed by atoms with van der Waals surface area (Å²) in [5.41, 5.74) is -0.859. The summed E-state index contributed by atoms with van der Waals surface area (Å²) in [5.74, 6) is -2.18. The smallest absolute Gasteiger partial charge is 0.303 e. The molecule has 2 rings (SSSR count). The maximum atomic E-state index is 12.5. The Morgan fingerprint density at radius 1 is 1.13 bits per heavy atom. The second-order valence-corrected chi connectivity index (χ2v) is 7.31. The van der Waals surface area contributed by atoms with Gasteiger partial charge in [-0.05, 0) is 6.26 Å². The number of hydrogen-bond donors (Lipinski definition) is 1. The molecule has 0 aliphatic carbocycles. The van der Waals surface area contributed by atoms with Crippen molar-refractivity contribution in [1.82, 2.24) is 9.55 Å². The molecule has 0 spiro atoms. The molecule has 1 aromatic rings. The predicted molar refractivity (Wildman–Crippen MR) is 107 cm³/mol. The van der Waals surface area contributed by atoms with Gasteiger partial charge in [-0.1, -0.05) is 11.8 Å². The fourth-order valence-corrected chi connectivity index (χ4v) is 3.54. The van der Waals surface area contributed by atoms with Gasteiger partial charge < -0.3 is 24.3 Å². The Morgan fingerprint density at radius 2 is 1.71 bits per heavy atom. The molecule has 2 heterocycles. The highest BCUT2D eigenvalue weighted by Crippen LogP contribution is 2.26. The van der Waals surface area contributed by atoms with Crippen LogP contribution in [-0.4, -0.2) is 71.1 Å². The number of rotatable bonds is 7. The fraction of sp³-hybridized carbons (Fsp3) is 0.556. The van der Waals surface area contributed by atoms with E-state index in [0.29, 0.717) is 11.4 Å². The first-order chi connectivity index (χ1) is 14.6. The van der Waals surface area contributed by atoms with Crippen molar-refractivity contribution in [3.05, 3.63) is 15.9 Å². The third-order valence-corrected chi connectivity index (χ3v) is 4.94. The summed E-state index contributed by atoms with van der Waals surface area (Å²) in [6.07, 6.45) is -2.66. The van der Waals surface area contributed by atoms with E-state index in [2.05, 4.69) is 10.3 Å². The number of carbonyl (C=O) groups is 4. The maximum Gasteiger partial charge on any atom is 0.303 e. The van der Waals surface area contributed by atoms with Gasteiger partial charge in [0, 0.05) is 27.8 Å². The number of aromatic nitrogens is 2. The summed E-state index contributed by atoms with van der Waals surface area (Å²) in [5, 5.41) is 3.09. The summed E-state index contributed by atoms with van der Waals surface area (Å²) in [6, 6.07) is 0. The van der Waals surface area contributed by atoms with Gasteiger partial charge in [-0.15, -0.1) is 0 Å². The van der Waals surface area contributed by atoms with E-state index in [4.69, 9.17) is 18.9 Å². The molecule has 4 atom stereocenters. The number of anilines is 1. The van der Waals surface area contributed by atoms with Crippen LogP contribution < -0.4 is 10.9 Å². The number of carbonyl (C=O) groups excluding carboxylic acids is 4. The highest BCUT2D eigenvalue weighted by molar-refractivity contribution is 7.98. The molecule has 1 saturated heterocycles. The predicted octanol–water partition coefficient (Wildman–Crippen LogP) is -0.122. The lowest BCUT2D eigenvalue weighted by Crippen LogP contribution is -2.59. The van der Waals surface area contributed by atoms with E-state index in [1.165, 1.54) is 30.3 Å². The van der Waals surface area contributed by atoms with Crippen LogP contribution in [0.1, 0.15) is 31.1 Å². The van der Waals surface area contributed by atoms with Crippen LogP contribution in [-0.2, 0) is 40.4 Å². The zero-order chi connectivity index (χ0) is 23.3. The summed E-state index contributed by atoms with van der Waals surface area (Å²) >= 11 is 1.18. The van der Waals surface area contributed by atoms with Gasteiger partial charge in [-0.25, -0.2) is 4.98 Å². The van der Waals surface area contributed by atoms with Crippen molar-refractivity contribution in [3.63, 3.8) is 0 Å². The van der Waals surface area contributed by atoms with Crippen molar-refractivity contribution >= 4 is 41.8 Å². The average Bonchev–Trinajstić information content (AvgIpc) is 2.68. The number of ether oxygens (including phenoxy) is 4. The molecule has 12 nitrogen and oxygen atoms in total. The average molecular weight is 457 g/mol. The van der Waals surface area contributed by atoms with Crippen LogP contribution in [0, 0.1) is 0 Å². The molecule has 0 aromatic carbocycles. The second kappa shape index (κ2) is 10.4. The molecule has 31 heavy (non-hydrogen) atoms. The Hall–Kier alpha value is -2.93. The first-order valence-electron chi connectivity index (χ1n) is 9.09. The Kier molecular flexibility index (Phi) is 8.16. The standard InChI is InChI=1S/C18H23N3O9S/c1-8(23)28-12-7-27-16(14(30-10(3)25)13(12)29-9(2)24)19-15-11(6-22)17(26)21(4)18(20-15)31-5/h6,12-14,16,19H,7H2,1-5H3/t12-,13+,14-,16-/m1/s1. The van der Waals surface area contributed by atoms with Crippen LogP contribution >= 0.6 is 11.8 Å². The van der Waals surface area contributed by atoms with Gasteiger partial charge in [0.25, 0.3) is 5.56 Å². The van der Waals surface area contributed by atoms with Crippen LogP contribution in [0.15, 0.2) is 9.95 Å². The second-order valence-electron chi connectivity index (χ2n) is 6.54. The SMILES string of the molecule is CSc1nc(N[C@@H]2OC[C@@H](OC(C)=O)[C@H](OC(C)=O)[C@H]2OC(C)=O)c(C=O)c(=O)n1C. The van der Waals surface area contributed by atoms with E-state index in [1.54, 1.807) is 6.26 Å². The first kappa shape index (κ1) is 24.3. The molecule has 1 N–H and O–H groups in total. The minimum Gasteiger partial charge on any atom is -0.456 e. The van der Waals surface area contributed by atoms with Gasteiger partial charge in [-0.3, -0.25) is 28.5 Å². The number of hydrogen-bond acceptors (Lipinski definition) is 12. The van der Waals surface area contributed by atoms with E-state index < -0.39 is 48.0 Å². The lowest BCUT2D eigenvalue weighted by atomic mass is 10.0. The third kappa shape index (κ3) is 5.82. The molecule has 13 heteroatoms. The van der Waals surface area contributed by atoms with Crippen molar-refractivity contribution < 1.29 is 38.1 Å². The Morgan fingerprint density at radius 3 is 2.23 bits per heavy atom. The number of esters is 3. The summed E-state index contributed by atoms with van der Waals surface area (Å²) in [6.45, 7) is 3.23. The molecule has 170 valence electrons. The first-order valence-corrected chi connectivity index (χ1v) is 10.3. The molecule has 0 saturated carbocycles. The monoisotopic (exact) mass is 457 g/mol. The van der Waals surface area contributed by atoms with Crippen LogP contribution in [0.4, 0.5) is 5.82 Å². The molecule has 0 bridgehead atoms. The van der Waals surface area contributed by atoms with Crippen molar-refractivity contribution in [3.8, 4) is 0 Å². The third-order valence-electron chi connectivity index (χ3n) is 4.21. The van der Waals surface area contributed by atoms with Crippen LogP contribution in [0.3, 0.4) is 0 Å². The molecule has 1 aliphatic rings.